The molecule has 8 heteroatoms. The molecule has 2 aromatic heterocycles. The van der Waals surface area contributed by atoms with Crippen molar-refractivity contribution >= 4 is 11.3 Å². The Balaban J connectivity index is 1.94. The second-order valence-electron chi connectivity index (χ2n) is 4.38. The Morgan fingerprint density at radius 2 is 2.25 bits per heavy atom. The lowest BCUT2D eigenvalue weighted by Gasteiger charge is -2.21. The van der Waals surface area contributed by atoms with Gasteiger partial charge < -0.3 is 9.52 Å². The van der Waals surface area contributed by atoms with E-state index in [0.717, 1.165) is 4.88 Å². The monoisotopic (exact) mass is 306 g/mol. The Hall–Kier alpha value is -1.38. The van der Waals surface area contributed by atoms with Crippen LogP contribution in [0.1, 0.15) is 5.69 Å². The molecule has 1 atom stereocenters. The first kappa shape index (κ1) is 15.0. The number of likely N-dealkylation sites (N-methyl/N-ethyl adjacent to an activating group) is 1. The van der Waals surface area contributed by atoms with E-state index in [0.29, 0.717) is 11.6 Å². The van der Waals surface area contributed by atoms with Gasteiger partial charge in [-0.05, 0) is 18.5 Å². The van der Waals surface area contributed by atoms with Gasteiger partial charge in [0.15, 0.2) is 6.10 Å². The summed E-state index contributed by atoms with van der Waals surface area (Å²) in [6.45, 7) is -0.341. The summed E-state index contributed by atoms with van der Waals surface area (Å²) in [6, 6.07) is 3.70. The van der Waals surface area contributed by atoms with Crippen LogP contribution in [0.15, 0.2) is 28.2 Å². The predicted molar refractivity (Wildman–Crippen MR) is 68.2 cm³/mol. The van der Waals surface area contributed by atoms with Crippen LogP contribution < -0.4 is 0 Å². The molecule has 2 rings (SSSR count). The number of aromatic nitrogens is 1. The average Bonchev–Trinajstić information content (AvgIpc) is 2.96. The molecule has 0 amide bonds. The van der Waals surface area contributed by atoms with Crippen molar-refractivity contribution in [3.8, 4) is 10.8 Å². The molecule has 0 radical (unpaired) electrons. The first-order valence-electron chi connectivity index (χ1n) is 5.78. The molecule has 0 aliphatic carbocycles. The van der Waals surface area contributed by atoms with Crippen molar-refractivity contribution in [3.63, 3.8) is 0 Å². The quantitative estimate of drug-likeness (QED) is 0.923. The minimum Gasteiger partial charge on any atom is -0.444 e. The molecule has 1 unspecified atom stereocenters. The van der Waals surface area contributed by atoms with E-state index >= 15 is 0 Å². The first-order chi connectivity index (χ1) is 9.36. The van der Waals surface area contributed by atoms with Crippen molar-refractivity contribution in [1.82, 2.24) is 9.88 Å². The van der Waals surface area contributed by atoms with Crippen LogP contribution in [0.2, 0.25) is 0 Å². The van der Waals surface area contributed by atoms with Gasteiger partial charge in [-0.15, -0.1) is 11.3 Å². The van der Waals surface area contributed by atoms with E-state index in [4.69, 9.17) is 9.52 Å². The maximum absolute atomic E-state index is 12.2. The molecule has 0 saturated heterocycles. The molecular weight excluding hydrogens is 293 g/mol. The second-order valence-corrected chi connectivity index (χ2v) is 5.32. The number of rotatable bonds is 5. The van der Waals surface area contributed by atoms with E-state index in [2.05, 4.69) is 4.98 Å². The lowest BCUT2D eigenvalue weighted by atomic mass is 10.3. The van der Waals surface area contributed by atoms with E-state index in [9.17, 15) is 13.2 Å². The molecule has 2 aromatic rings. The third-order valence-corrected chi connectivity index (χ3v) is 3.44. The average molecular weight is 306 g/mol. The van der Waals surface area contributed by atoms with Crippen molar-refractivity contribution in [2.75, 3.05) is 13.6 Å². The number of hydrogen-bond acceptors (Lipinski definition) is 5. The van der Waals surface area contributed by atoms with E-state index in [1.165, 1.54) is 29.5 Å². The molecule has 0 bridgehead atoms. The van der Waals surface area contributed by atoms with Crippen LogP contribution in [0.5, 0.6) is 0 Å². The standard InChI is InChI=1S/C12H13F3N2O2S/c1-17(6-10(18)12(13,14)15)5-8-7-19-11(16-8)9-3-2-4-20-9/h2-4,7,10,18H,5-6H2,1H3. The fraction of sp³-hybridized carbons (Fsp3) is 0.417. The Morgan fingerprint density at radius 1 is 1.50 bits per heavy atom. The summed E-state index contributed by atoms with van der Waals surface area (Å²) < 4.78 is 42.0. The summed E-state index contributed by atoms with van der Waals surface area (Å²) in [7, 11) is 1.48. The summed E-state index contributed by atoms with van der Waals surface area (Å²) in [5.41, 5.74) is 0.519. The molecule has 2 heterocycles. The second kappa shape index (κ2) is 5.94. The zero-order valence-corrected chi connectivity index (χ0v) is 11.4. The van der Waals surface area contributed by atoms with Gasteiger partial charge in [-0.1, -0.05) is 6.07 Å². The van der Waals surface area contributed by atoms with Gasteiger partial charge in [-0.2, -0.15) is 13.2 Å². The predicted octanol–water partition coefficient (Wildman–Crippen LogP) is 2.76. The first-order valence-corrected chi connectivity index (χ1v) is 6.66. The molecule has 0 spiro atoms. The summed E-state index contributed by atoms with van der Waals surface area (Å²) in [5, 5.41) is 10.9. The molecule has 20 heavy (non-hydrogen) atoms. The van der Waals surface area contributed by atoms with Crippen molar-refractivity contribution in [3.05, 3.63) is 29.5 Å². The number of aliphatic hydroxyl groups excluding tert-OH is 1. The fourth-order valence-electron chi connectivity index (χ4n) is 1.63. The van der Waals surface area contributed by atoms with Gasteiger partial charge >= 0.3 is 6.18 Å². The summed E-state index contributed by atoms with van der Waals surface area (Å²) >= 11 is 1.46. The van der Waals surface area contributed by atoms with Gasteiger partial charge in [0.25, 0.3) is 0 Å². The zero-order chi connectivity index (χ0) is 14.8. The van der Waals surface area contributed by atoms with Crippen molar-refractivity contribution in [2.45, 2.75) is 18.8 Å². The fourth-order valence-corrected chi connectivity index (χ4v) is 2.29. The number of aliphatic hydroxyl groups is 1. The molecular formula is C12H13F3N2O2S. The number of hydrogen-bond donors (Lipinski definition) is 1. The largest absolute Gasteiger partial charge is 0.444 e. The van der Waals surface area contributed by atoms with E-state index in [-0.39, 0.29) is 6.54 Å². The number of oxazole rings is 1. The van der Waals surface area contributed by atoms with Crippen LogP contribution in [0.25, 0.3) is 10.8 Å². The van der Waals surface area contributed by atoms with Gasteiger partial charge in [0, 0.05) is 13.1 Å². The van der Waals surface area contributed by atoms with Crippen LogP contribution in [0, 0.1) is 0 Å². The van der Waals surface area contributed by atoms with Crippen molar-refractivity contribution in [2.24, 2.45) is 0 Å². The van der Waals surface area contributed by atoms with E-state index in [1.807, 2.05) is 17.5 Å². The van der Waals surface area contributed by atoms with Crippen molar-refractivity contribution in [1.29, 1.82) is 0 Å². The summed E-state index contributed by atoms with van der Waals surface area (Å²) in [6.07, 6.45) is -5.57. The number of alkyl halides is 3. The highest BCUT2D eigenvalue weighted by Gasteiger charge is 2.38. The highest BCUT2D eigenvalue weighted by atomic mass is 32.1. The Bertz CT molecular complexity index is 539. The van der Waals surface area contributed by atoms with E-state index in [1.54, 1.807) is 0 Å². The molecule has 1 N–H and O–H groups in total. The Morgan fingerprint density at radius 3 is 2.85 bits per heavy atom. The lowest BCUT2D eigenvalue weighted by molar-refractivity contribution is -0.207. The molecule has 0 aliphatic heterocycles. The zero-order valence-electron chi connectivity index (χ0n) is 10.6. The highest BCUT2D eigenvalue weighted by Crippen LogP contribution is 2.24. The van der Waals surface area contributed by atoms with Gasteiger partial charge in [0.1, 0.15) is 6.26 Å². The number of thiophene rings is 1. The third kappa shape index (κ3) is 3.81. The lowest BCUT2D eigenvalue weighted by Crippen LogP contribution is -2.39. The Labute approximate surface area is 117 Å². The molecule has 0 saturated carbocycles. The van der Waals surface area contributed by atoms with Gasteiger partial charge in [-0.25, -0.2) is 4.98 Å². The van der Waals surface area contributed by atoms with Gasteiger partial charge in [0.05, 0.1) is 10.6 Å². The number of nitrogens with zero attached hydrogens (tertiary/aromatic N) is 2. The molecule has 0 aromatic carbocycles. The van der Waals surface area contributed by atoms with Crippen LogP contribution in [0.4, 0.5) is 13.2 Å². The Kier molecular flexibility index (Phi) is 4.46. The highest BCUT2D eigenvalue weighted by molar-refractivity contribution is 7.13. The smallest absolute Gasteiger partial charge is 0.415 e. The van der Waals surface area contributed by atoms with Crippen molar-refractivity contribution < 1.29 is 22.7 Å². The SMILES string of the molecule is CN(Cc1coc(-c2cccs2)n1)CC(O)C(F)(F)F. The minimum atomic E-state index is -4.61. The molecule has 0 aliphatic rings. The molecule has 4 nitrogen and oxygen atoms in total. The topological polar surface area (TPSA) is 49.5 Å². The minimum absolute atomic E-state index is 0.169. The maximum atomic E-state index is 12.2. The van der Waals surface area contributed by atoms with Gasteiger partial charge in [0.2, 0.25) is 5.89 Å². The molecule has 110 valence electrons. The van der Waals surface area contributed by atoms with Crippen LogP contribution in [0.3, 0.4) is 0 Å². The summed E-state index contributed by atoms with van der Waals surface area (Å²) in [5.74, 6) is 0.444. The normalized spacial score (nSPS) is 13.9. The number of halogens is 3. The van der Waals surface area contributed by atoms with Crippen LogP contribution in [-0.2, 0) is 6.54 Å². The maximum Gasteiger partial charge on any atom is 0.415 e. The summed E-state index contributed by atoms with van der Waals surface area (Å²) in [4.78, 5) is 6.40. The van der Waals surface area contributed by atoms with E-state index < -0.39 is 18.8 Å². The van der Waals surface area contributed by atoms with Gasteiger partial charge in [-0.3, -0.25) is 4.90 Å². The van der Waals surface area contributed by atoms with Crippen LogP contribution >= 0.6 is 11.3 Å². The third-order valence-electron chi connectivity index (χ3n) is 2.58. The van der Waals surface area contributed by atoms with Crippen LogP contribution in [-0.4, -0.2) is 40.9 Å². The molecule has 0 fully saturated rings.